The van der Waals surface area contributed by atoms with Crippen molar-refractivity contribution in [3.05, 3.63) is 11.9 Å². The van der Waals surface area contributed by atoms with Crippen LogP contribution in [-0.4, -0.2) is 16.1 Å². The summed E-state index contributed by atoms with van der Waals surface area (Å²) in [7, 11) is 2.03. The SMILES string of the molecule is Cc1cn(C)c(NCC2C(C)(C)C2(C)C)n1. The Morgan fingerprint density at radius 3 is 2.25 bits per heavy atom. The molecule has 0 bridgehead atoms. The van der Waals surface area contributed by atoms with Gasteiger partial charge in [0.25, 0.3) is 0 Å². The normalized spacial score (nSPS) is 22.1. The highest BCUT2D eigenvalue weighted by molar-refractivity contribution is 5.30. The summed E-state index contributed by atoms with van der Waals surface area (Å²) >= 11 is 0. The summed E-state index contributed by atoms with van der Waals surface area (Å²) in [5.74, 6) is 1.72. The number of aryl methyl sites for hydroxylation is 2. The highest BCUT2D eigenvalue weighted by Gasteiger charge is 2.64. The largest absolute Gasteiger partial charge is 0.355 e. The first-order chi connectivity index (χ1) is 7.26. The Morgan fingerprint density at radius 1 is 1.31 bits per heavy atom. The number of nitrogens with zero attached hydrogens (tertiary/aromatic N) is 2. The zero-order valence-corrected chi connectivity index (χ0v) is 11.3. The third-order valence-corrected chi connectivity index (χ3v) is 4.78. The maximum Gasteiger partial charge on any atom is 0.202 e. The molecule has 0 unspecified atom stereocenters. The van der Waals surface area contributed by atoms with E-state index in [1.165, 1.54) is 0 Å². The van der Waals surface area contributed by atoms with Crippen molar-refractivity contribution in [2.75, 3.05) is 11.9 Å². The van der Waals surface area contributed by atoms with Crippen LogP contribution in [0.15, 0.2) is 6.20 Å². The van der Waals surface area contributed by atoms with E-state index in [2.05, 4.69) is 42.6 Å². The molecule has 3 heteroatoms. The minimum absolute atomic E-state index is 0.445. The molecule has 0 aliphatic heterocycles. The lowest BCUT2D eigenvalue weighted by Crippen LogP contribution is -2.11. The van der Waals surface area contributed by atoms with Gasteiger partial charge in [0.2, 0.25) is 5.95 Å². The molecule has 1 saturated carbocycles. The first kappa shape index (κ1) is 11.5. The van der Waals surface area contributed by atoms with E-state index < -0.39 is 0 Å². The van der Waals surface area contributed by atoms with Gasteiger partial charge in [-0.05, 0) is 23.7 Å². The highest BCUT2D eigenvalue weighted by atomic mass is 15.2. The summed E-state index contributed by atoms with van der Waals surface area (Å²) in [6.45, 7) is 12.4. The van der Waals surface area contributed by atoms with Crippen molar-refractivity contribution in [2.45, 2.75) is 34.6 Å². The predicted molar refractivity (Wildman–Crippen MR) is 67.5 cm³/mol. The van der Waals surface area contributed by atoms with Gasteiger partial charge in [0.05, 0.1) is 5.69 Å². The van der Waals surface area contributed by atoms with E-state index >= 15 is 0 Å². The van der Waals surface area contributed by atoms with Crippen LogP contribution in [0.1, 0.15) is 33.4 Å². The van der Waals surface area contributed by atoms with Crippen molar-refractivity contribution in [3.63, 3.8) is 0 Å². The fourth-order valence-corrected chi connectivity index (χ4v) is 2.82. The summed E-state index contributed by atoms with van der Waals surface area (Å²) in [5, 5.41) is 3.46. The van der Waals surface area contributed by atoms with Gasteiger partial charge in [-0.25, -0.2) is 4.98 Å². The number of hydrogen-bond acceptors (Lipinski definition) is 2. The molecule has 1 aromatic rings. The molecule has 0 saturated heterocycles. The minimum Gasteiger partial charge on any atom is -0.355 e. The molecule has 1 N–H and O–H groups in total. The minimum atomic E-state index is 0.445. The average Bonchev–Trinajstić information content (AvgIpc) is 2.38. The molecule has 1 aliphatic rings. The van der Waals surface area contributed by atoms with Gasteiger partial charge < -0.3 is 9.88 Å². The smallest absolute Gasteiger partial charge is 0.202 e. The second kappa shape index (κ2) is 3.25. The predicted octanol–water partition coefficient (Wildman–Crippen LogP) is 2.82. The van der Waals surface area contributed by atoms with Gasteiger partial charge in [-0.3, -0.25) is 0 Å². The molecular formula is C13H23N3. The third-order valence-electron chi connectivity index (χ3n) is 4.78. The maximum atomic E-state index is 4.46. The summed E-state index contributed by atoms with van der Waals surface area (Å²) in [6, 6.07) is 0. The van der Waals surface area contributed by atoms with Gasteiger partial charge in [-0.1, -0.05) is 27.7 Å². The Hall–Kier alpha value is -0.990. The van der Waals surface area contributed by atoms with E-state index in [1.807, 2.05) is 20.2 Å². The lowest BCUT2D eigenvalue weighted by Gasteiger charge is -2.06. The van der Waals surface area contributed by atoms with Crippen molar-refractivity contribution in [2.24, 2.45) is 23.8 Å². The molecule has 1 fully saturated rings. The fourth-order valence-electron chi connectivity index (χ4n) is 2.82. The van der Waals surface area contributed by atoms with Gasteiger partial charge in [0.1, 0.15) is 0 Å². The van der Waals surface area contributed by atoms with Crippen LogP contribution in [0.25, 0.3) is 0 Å². The maximum absolute atomic E-state index is 4.46. The van der Waals surface area contributed by atoms with Gasteiger partial charge in [-0.15, -0.1) is 0 Å². The number of rotatable bonds is 3. The van der Waals surface area contributed by atoms with Crippen LogP contribution in [0.2, 0.25) is 0 Å². The average molecular weight is 221 g/mol. The molecule has 90 valence electrons. The van der Waals surface area contributed by atoms with Gasteiger partial charge in [0, 0.05) is 19.8 Å². The Kier molecular flexibility index (Phi) is 2.34. The van der Waals surface area contributed by atoms with Crippen LogP contribution in [0.3, 0.4) is 0 Å². The zero-order chi connectivity index (χ0) is 12.1. The van der Waals surface area contributed by atoms with E-state index in [1.54, 1.807) is 0 Å². The van der Waals surface area contributed by atoms with E-state index in [0.29, 0.717) is 10.8 Å². The molecule has 0 spiro atoms. The molecule has 1 aliphatic carbocycles. The Balaban J connectivity index is 1.98. The molecule has 2 rings (SSSR count). The summed E-state index contributed by atoms with van der Waals surface area (Å²) in [5.41, 5.74) is 1.96. The molecular weight excluding hydrogens is 198 g/mol. The van der Waals surface area contributed by atoms with Crippen molar-refractivity contribution < 1.29 is 0 Å². The van der Waals surface area contributed by atoms with Crippen molar-refractivity contribution in [1.82, 2.24) is 9.55 Å². The van der Waals surface area contributed by atoms with Crippen molar-refractivity contribution in [1.29, 1.82) is 0 Å². The standard InChI is InChI=1S/C13H23N3/c1-9-8-16(6)11(15-9)14-7-10-12(2,3)13(10,4)5/h8,10H,7H2,1-6H3,(H,14,15). The summed E-state index contributed by atoms with van der Waals surface area (Å²) < 4.78 is 2.05. The number of anilines is 1. The Morgan fingerprint density at radius 2 is 1.88 bits per heavy atom. The van der Waals surface area contributed by atoms with Gasteiger partial charge >= 0.3 is 0 Å². The molecule has 1 aromatic heterocycles. The summed E-state index contributed by atoms with van der Waals surface area (Å²) in [4.78, 5) is 4.46. The first-order valence-electron chi connectivity index (χ1n) is 6.00. The quantitative estimate of drug-likeness (QED) is 0.850. The van der Waals surface area contributed by atoms with Crippen molar-refractivity contribution in [3.8, 4) is 0 Å². The Bertz CT molecular complexity index is 387. The van der Waals surface area contributed by atoms with E-state index in [4.69, 9.17) is 0 Å². The van der Waals surface area contributed by atoms with Gasteiger partial charge in [-0.2, -0.15) is 0 Å². The van der Waals surface area contributed by atoms with E-state index in [-0.39, 0.29) is 0 Å². The Labute approximate surface area is 98.3 Å². The van der Waals surface area contributed by atoms with Crippen LogP contribution >= 0.6 is 0 Å². The van der Waals surface area contributed by atoms with Crippen LogP contribution in [0, 0.1) is 23.7 Å². The van der Waals surface area contributed by atoms with E-state index in [9.17, 15) is 0 Å². The first-order valence-corrected chi connectivity index (χ1v) is 6.00. The number of hydrogen-bond donors (Lipinski definition) is 1. The number of nitrogens with one attached hydrogen (secondary N) is 1. The molecule has 0 atom stereocenters. The number of aromatic nitrogens is 2. The topological polar surface area (TPSA) is 29.9 Å². The molecule has 16 heavy (non-hydrogen) atoms. The molecule has 0 amide bonds. The molecule has 0 aromatic carbocycles. The second-order valence-electron chi connectivity index (χ2n) is 6.19. The van der Waals surface area contributed by atoms with Crippen LogP contribution < -0.4 is 5.32 Å². The van der Waals surface area contributed by atoms with Crippen LogP contribution in [0.5, 0.6) is 0 Å². The number of imidazole rings is 1. The highest BCUT2D eigenvalue weighted by Crippen LogP contribution is 2.68. The lowest BCUT2D eigenvalue weighted by atomic mass is 10.0. The van der Waals surface area contributed by atoms with Crippen LogP contribution in [0.4, 0.5) is 5.95 Å². The van der Waals surface area contributed by atoms with E-state index in [0.717, 1.165) is 24.1 Å². The van der Waals surface area contributed by atoms with Crippen molar-refractivity contribution >= 4 is 5.95 Å². The lowest BCUT2D eigenvalue weighted by molar-refractivity contribution is 0.457. The third kappa shape index (κ3) is 1.53. The summed E-state index contributed by atoms with van der Waals surface area (Å²) in [6.07, 6.45) is 2.05. The molecule has 1 heterocycles. The second-order valence-corrected chi connectivity index (χ2v) is 6.19. The monoisotopic (exact) mass is 221 g/mol. The fraction of sp³-hybridized carbons (Fsp3) is 0.769. The van der Waals surface area contributed by atoms with Gasteiger partial charge in [0.15, 0.2) is 0 Å². The molecule has 0 radical (unpaired) electrons. The molecule has 3 nitrogen and oxygen atoms in total. The zero-order valence-electron chi connectivity index (χ0n) is 11.3. The van der Waals surface area contributed by atoms with Crippen LogP contribution in [-0.2, 0) is 7.05 Å².